The molecule has 6 nitrogen and oxygen atoms in total. The van der Waals surface area contributed by atoms with Gasteiger partial charge in [0.25, 0.3) is 5.91 Å². The summed E-state index contributed by atoms with van der Waals surface area (Å²) in [5.41, 5.74) is 1.70. The van der Waals surface area contributed by atoms with Crippen molar-refractivity contribution in [1.82, 2.24) is 14.7 Å². The van der Waals surface area contributed by atoms with Crippen LogP contribution in [0.4, 0.5) is 4.39 Å². The van der Waals surface area contributed by atoms with Gasteiger partial charge in [0.2, 0.25) is 5.91 Å². The molecule has 1 saturated carbocycles. The van der Waals surface area contributed by atoms with Gasteiger partial charge in [-0.2, -0.15) is 0 Å². The van der Waals surface area contributed by atoms with Gasteiger partial charge in [0.05, 0.1) is 5.56 Å². The molecular formula is C26H32FN3O3. The molecule has 1 atom stereocenters. The number of hydrogen-bond acceptors (Lipinski definition) is 4. The third kappa shape index (κ3) is 4.43. The highest BCUT2D eigenvalue weighted by Crippen LogP contribution is 2.60. The van der Waals surface area contributed by atoms with Gasteiger partial charge in [-0.3, -0.25) is 14.5 Å². The fourth-order valence-electron chi connectivity index (χ4n) is 5.66. The van der Waals surface area contributed by atoms with Gasteiger partial charge in [-0.1, -0.05) is 12.1 Å². The van der Waals surface area contributed by atoms with Crippen LogP contribution >= 0.6 is 0 Å². The van der Waals surface area contributed by atoms with Crippen molar-refractivity contribution in [2.45, 2.75) is 39.7 Å². The van der Waals surface area contributed by atoms with E-state index in [-0.39, 0.29) is 29.0 Å². The summed E-state index contributed by atoms with van der Waals surface area (Å²) in [6, 6.07) is 8.55. The molecule has 176 valence electrons. The summed E-state index contributed by atoms with van der Waals surface area (Å²) in [7, 11) is 0. The van der Waals surface area contributed by atoms with Crippen LogP contribution in [0.3, 0.4) is 0 Å². The molecule has 2 saturated heterocycles. The largest absolute Gasteiger partial charge is 0.466 e. The lowest BCUT2D eigenvalue weighted by atomic mass is 9.90. The lowest BCUT2D eigenvalue weighted by Gasteiger charge is -2.36. The van der Waals surface area contributed by atoms with Crippen molar-refractivity contribution < 1.29 is 18.4 Å². The number of likely N-dealkylation sites (tertiary alicyclic amines) is 1. The topological polar surface area (TPSA) is 57.0 Å². The Morgan fingerprint density at radius 2 is 1.76 bits per heavy atom. The molecule has 3 fully saturated rings. The minimum absolute atomic E-state index is 0.0390. The van der Waals surface area contributed by atoms with Crippen molar-refractivity contribution in [3.8, 4) is 0 Å². The lowest BCUT2D eigenvalue weighted by Crippen LogP contribution is -2.49. The highest BCUT2D eigenvalue weighted by atomic mass is 19.1. The Hall–Kier alpha value is -2.67. The van der Waals surface area contributed by atoms with Crippen molar-refractivity contribution in [1.29, 1.82) is 0 Å². The number of piperidine rings is 1. The molecule has 0 N–H and O–H groups in total. The fourth-order valence-corrected chi connectivity index (χ4v) is 5.66. The molecule has 7 heteroatoms. The summed E-state index contributed by atoms with van der Waals surface area (Å²) in [5, 5.41) is 0. The molecule has 0 radical (unpaired) electrons. The number of halogens is 1. The van der Waals surface area contributed by atoms with Gasteiger partial charge in [0.15, 0.2) is 0 Å². The molecule has 1 unspecified atom stereocenters. The first-order chi connectivity index (χ1) is 15.8. The number of rotatable bonds is 4. The summed E-state index contributed by atoms with van der Waals surface area (Å²) in [6.07, 6.45) is 2.73. The van der Waals surface area contributed by atoms with E-state index in [2.05, 4.69) is 4.90 Å². The van der Waals surface area contributed by atoms with Crippen LogP contribution in [0.25, 0.3) is 0 Å². The summed E-state index contributed by atoms with van der Waals surface area (Å²) < 4.78 is 19.0. The normalized spacial score (nSPS) is 22.6. The third-order valence-corrected chi connectivity index (χ3v) is 7.78. The quantitative estimate of drug-likeness (QED) is 0.710. The average molecular weight is 454 g/mol. The van der Waals surface area contributed by atoms with Crippen LogP contribution in [-0.4, -0.2) is 65.8 Å². The minimum Gasteiger partial charge on any atom is -0.466 e. The van der Waals surface area contributed by atoms with Gasteiger partial charge in [0.1, 0.15) is 17.3 Å². The highest BCUT2D eigenvalue weighted by Gasteiger charge is 2.59. The summed E-state index contributed by atoms with van der Waals surface area (Å²) in [6.45, 7) is 8.89. The van der Waals surface area contributed by atoms with Crippen LogP contribution in [0.1, 0.15) is 46.7 Å². The smallest absolute Gasteiger partial charge is 0.257 e. The molecule has 2 aliphatic heterocycles. The molecule has 33 heavy (non-hydrogen) atoms. The van der Waals surface area contributed by atoms with Crippen molar-refractivity contribution in [3.63, 3.8) is 0 Å². The Kier molecular flexibility index (Phi) is 5.77. The molecule has 2 aromatic rings. The van der Waals surface area contributed by atoms with Gasteiger partial charge >= 0.3 is 0 Å². The van der Waals surface area contributed by atoms with Gasteiger partial charge < -0.3 is 14.2 Å². The summed E-state index contributed by atoms with van der Waals surface area (Å²) in [5.74, 6) is 1.64. The first kappa shape index (κ1) is 22.1. The average Bonchev–Trinajstić information content (AvgIpc) is 3.38. The number of nitrogens with zero attached hydrogens (tertiary/aromatic N) is 3. The minimum atomic E-state index is -0.205. The van der Waals surface area contributed by atoms with Crippen LogP contribution < -0.4 is 0 Å². The van der Waals surface area contributed by atoms with E-state index < -0.39 is 0 Å². The molecule has 1 aromatic carbocycles. The molecule has 1 spiro atoms. The van der Waals surface area contributed by atoms with Crippen molar-refractivity contribution >= 4 is 11.8 Å². The van der Waals surface area contributed by atoms with Gasteiger partial charge in [-0.15, -0.1) is 0 Å². The predicted molar refractivity (Wildman–Crippen MR) is 122 cm³/mol. The highest BCUT2D eigenvalue weighted by molar-refractivity contribution is 5.95. The van der Waals surface area contributed by atoms with Crippen molar-refractivity contribution in [2.24, 2.45) is 11.3 Å². The first-order valence-corrected chi connectivity index (χ1v) is 12.0. The van der Waals surface area contributed by atoms with E-state index in [0.717, 1.165) is 56.8 Å². The van der Waals surface area contributed by atoms with Crippen LogP contribution in [0.5, 0.6) is 0 Å². The second-order valence-electron chi connectivity index (χ2n) is 9.97. The number of piperazine rings is 1. The molecule has 3 aliphatic rings. The first-order valence-electron chi connectivity index (χ1n) is 12.0. The molecule has 1 aromatic heterocycles. The maximum atomic E-state index is 13.4. The number of furan rings is 1. The molecular weight excluding hydrogens is 421 g/mol. The number of amides is 2. The maximum Gasteiger partial charge on any atom is 0.257 e. The van der Waals surface area contributed by atoms with E-state index in [1.54, 1.807) is 12.1 Å². The van der Waals surface area contributed by atoms with E-state index in [1.807, 2.05) is 35.8 Å². The number of benzene rings is 1. The van der Waals surface area contributed by atoms with E-state index >= 15 is 0 Å². The third-order valence-electron chi connectivity index (χ3n) is 7.78. The van der Waals surface area contributed by atoms with E-state index in [1.165, 1.54) is 6.07 Å². The number of aryl methyl sites for hydroxylation is 2. The monoisotopic (exact) mass is 453 g/mol. The second-order valence-corrected chi connectivity index (χ2v) is 9.97. The number of hydrogen-bond donors (Lipinski definition) is 0. The predicted octanol–water partition coefficient (Wildman–Crippen LogP) is 3.62. The van der Waals surface area contributed by atoms with Crippen LogP contribution in [0.2, 0.25) is 0 Å². The molecule has 2 amide bonds. The van der Waals surface area contributed by atoms with Crippen LogP contribution in [0, 0.1) is 31.0 Å². The Labute approximate surface area is 194 Å². The Morgan fingerprint density at radius 1 is 1.03 bits per heavy atom. The zero-order valence-corrected chi connectivity index (χ0v) is 19.5. The van der Waals surface area contributed by atoms with E-state index in [9.17, 15) is 14.0 Å². The maximum absolute atomic E-state index is 13.4. The number of carbonyl (C=O) groups excluding carboxylic acids is 2. The Bertz CT molecular complexity index is 1050. The van der Waals surface area contributed by atoms with Crippen LogP contribution in [0.15, 0.2) is 34.7 Å². The standard InChI is InChI=1S/C26H32FN3O3/c1-18-14-22(19(2)33-18)24(31)29-8-6-26(7-9-29)16-23(26)25(32)30-12-10-28(11-13-30)17-20-4-3-5-21(27)15-20/h3-5,14-15,23H,6-13,16-17H2,1-2H3. The SMILES string of the molecule is Cc1cc(C(=O)N2CCC3(CC2)CC3C(=O)N2CCN(Cc3cccc(F)c3)CC2)c(C)o1. The summed E-state index contributed by atoms with van der Waals surface area (Å²) in [4.78, 5) is 32.3. The van der Waals surface area contributed by atoms with Crippen molar-refractivity contribution in [3.05, 3.63) is 58.8 Å². The fraction of sp³-hybridized carbons (Fsp3) is 0.538. The van der Waals surface area contributed by atoms with Gasteiger partial charge in [-0.25, -0.2) is 4.39 Å². The van der Waals surface area contributed by atoms with Gasteiger partial charge in [-0.05, 0) is 62.3 Å². The van der Waals surface area contributed by atoms with E-state index in [0.29, 0.717) is 31.0 Å². The Morgan fingerprint density at radius 3 is 2.39 bits per heavy atom. The zero-order chi connectivity index (χ0) is 23.2. The van der Waals surface area contributed by atoms with Gasteiger partial charge in [0, 0.05) is 51.7 Å². The number of carbonyl (C=O) groups is 2. The molecule has 5 rings (SSSR count). The molecule has 3 heterocycles. The van der Waals surface area contributed by atoms with E-state index in [4.69, 9.17) is 4.42 Å². The molecule has 1 aliphatic carbocycles. The van der Waals surface area contributed by atoms with Crippen molar-refractivity contribution in [2.75, 3.05) is 39.3 Å². The summed E-state index contributed by atoms with van der Waals surface area (Å²) >= 11 is 0. The second kappa shape index (κ2) is 8.60. The lowest BCUT2D eigenvalue weighted by molar-refractivity contribution is -0.135. The zero-order valence-electron chi connectivity index (χ0n) is 19.5. The van der Waals surface area contributed by atoms with Crippen LogP contribution in [-0.2, 0) is 11.3 Å². The Balaban J connectivity index is 1.10. The molecule has 0 bridgehead atoms.